The van der Waals surface area contributed by atoms with Crippen molar-refractivity contribution < 1.29 is 24.2 Å². The third kappa shape index (κ3) is 8.21. The lowest BCUT2D eigenvalue weighted by molar-refractivity contribution is -0.149. The molecule has 0 saturated heterocycles. The Morgan fingerprint density at radius 3 is 2.39 bits per heavy atom. The second-order valence-electron chi connectivity index (χ2n) is 4.56. The van der Waals surface area contributed by atoms with Crippen LogP contribution in [0.2, 0.25) is 6.04 Å². The van der Waals surface area contributed by atoms with Gasteiger partial charge in [-0.15, -0.1) is 0 Å². The van der Waals surface area contributed by atoms with Crippen LogP contribution < -0.4 is 0 Å². The lowest BCUT2D eigenvalue weighted by Gasteiger charge is -2.23. The molecule has 1 atom stereocenters. The number of likely N-dealkylation sites (N-methyl/N-ethyl adjacent to an activating group) is 1. The van der Waals surface area contributed by atoms with Crippen molar-refractivity contribution in [1.82, 2.24) is 4.90 Å². The molecule has 0 rings (SSSR count). The molecule has 6 nitrogen and oxygen atoms in total. The fourth-order valence-corrected chi connectivity index (χ4v) is 2.60. The Balaban J connectivity index is 3.92. The predicted octanol–water partition coefficient (Wildman–Crippen LogP) is 0.163. The number of aliphatic carboxylic acids is 2. The molecular weight excluding hydrogens is 254 g/mol. The average molecular weight is 277 g/mol. The number of hydrogen-bond acceptors (Lipinski definition) is 4. The Kier molecular flexibility index (Phi) is 8.60. The van der Waals surface area contributed by atoms with Gasteiger partial charge in [-0.1, -0.05) is 0 Å². The van der Waals surface area contributed by atoms with E-state index >= 15 is 0 Å². The lowest BCUT2D eigenvalue weighted by Crippen LogP contribution is -2.40. The molecular formula is C11H23NO5Si. The number of hydrogen-bond donors (Lipinski definition) is 2. The molecule has 0 aromatic rings. The van der Waals surface area contributed by atoms with Crippen LogP contribution in [-0.2, 0) is 14.0 Å². The third-order valence-electron chi connectivity index (χ3n) is 2.54. The van der Waals surface area contributed by atoms with Gasteiger partial charge < -0.3 is 14.6 Å². The lowest BCUT2D eigenvalue weighted by atomic mass is 10.2. The first-order valence-corrected chi connectivity index (χ1v) is 7.68. The predicted molar refractivity (Wildman–Crippen MR) is 70.5 cm³/mol. The van der Waals surface area contributed by atoms with Gasteiger partial charge in [0.05, 0.1) is 6.42 Å². The highest BCUT2D eigenvalue weighted by Crippen LogP contribution is 2.05. The molecule has 0 aromatic heterocycles. The zero-order chi connectivity index (χ0) is 14.1. The zero-order valence-corrected chi connectivity index (χ0v) is 12.7. The van der Waals surface area contributed by atoms with E-state index in [1.807, 2.05) is 13.8 Å². The SMILES string of the molecule is CC(C)O[SiH2]CCCN(C)C(CC(=O)O)C(=O)O. The normalized spacial score (nSPS) is 13.6. The average Bonchev–Trinajstić information content (AvgIpc) is 2.24. The molecule has 18 heavy (non-hydrogen) atoms. The van der Waals surface area contributed by atoms with Crippen molar-refractivity contribution in [2.45, 2.75) is 44.9 Å². The summed E-state index contributed by atoms with van der Waals surface area (Å²) < 4.78 is 5.51. The van der Waals surface area contributed by atoms with E-state index in [0.29, 0.717) is 6.54 Å². The van der Waals surface area contributed by atoms with Gasteiger partial charge in [0.1, 0.15) is 6.04 Å². The minimum absolute atomic E-state index is 0.258. The van der Waals surface area contributed by atoms with Crippen LogP contribution in [0.5, 0.6) is 0 Å². The summed E-state index contributed by atoms with van der Waals surface area (Å²) >= 11 is 0. The first-order valence-electron chi connectivity index (χ1n) is 6.11. The standard InChI is InChI=1S/C11H23NO5Si/c1-8(2)17-18-6-4-5-12(3)9(11(15)16)7-10(13)14/h8-9H,4-7,18H2,1-3H3,(H,13,14)(H,15,16). The Bertz CT molecular complexity index is 272. The van der Waals surface area contributed by atoms with E-state index in [1.165, 1.54) is 0 Å². The maximum Gasteiger partial charge on any atom is 0.321 e. The highest BCUT2D eigenvalue weighted by atomic mass is 28.2. The molecule has 0 spiro atoms. The van der Waals surface area contributed by atoms with Gasteiger partial charge >= 0.3 is 11.9 Å². The molecule has 1 unspecified atom stereocenters. The molecule has 0 aliphatic heterocycles. The monoisotopic (exact) mass is 277 g/mol. The van der Waals surface area contributed by atoms with Gasteiger partial charge in [0, 0.05) is 6.10 Å². The fourth-order valence-electron chi connectivity index (χ4n) is 1.54. The minimum atomic E-state index is -1.09. The van der Waals surface area contributed by atoms with Crippen molar-refractivity contribution in [3.8, 4) is 0 Å². The molecule has 0 aliphatic rings. The van der Waals surface area contributed by atoms with Crippen molar-refractivity contribution in [1.29, 1.82) is 0 Å². The highest BCUT2D eigenvalue weighted by molar-refractivity contribution is 6.27. The van der Waals surface area contributed by atoms with Gasteiger partial charge in [0.25, 0.3) is 0 Å². The number of carboxylic acids is 2. The van der Waals surface area contributed by atoms with E-state index in [1.54, 1.807) is 11.9 Å². The van der Waals surface area contributed by atoms with Gasteiger partial charge in [-0.2, -0.15) is 0 Å². The van der Waals surface area contributed by atoms with Crippen LogP contribution in [0.15, 0.2) is 0 Å². The first-order chi connectivity index (χ1) is 8.34. The molecule has 0 heterocycles. The second-order valence-corrected chi connectivity index (χ2v) is 6.01. The highest BCUT2D eigenvalue weighted by Gasteiger charge is 2.24. The number of nitrogens with zero attached hydrogens (tertiary/aromatic N) is 1. The molecule has 7 heteroatoms. The van der Waals surface area contributed by atoms with Crippen molar-refractivity contribution in [2.75, 3.05) is 13.6 Å². The summed E-state index contributed by atoms with van der Waals surface area (Å²) in [7, 11) is 1.11. The molecule has 0 fully saturated rings. The fraction of sp³-hybridized carbons (Fsp3) is 0.818. The summed E-state index contributed by atoms with van der Waals surface area (Å²) in [6.07, 6.45) is 0.734. The van der Waals surface area contributed by atoms with Crippen LogP contribution in [0.4, 0.5) is 0 Å². The van der Waals surface area contributed by atoms with E-state index in [9.17, 15) is 9.59 Å². The van der Waals surface area contributed by atoms with Crippen LogP contribution in [0.25, 0.3) is 0 Å². The molecule has 0 bridgehead atoms. The summed E-state index contributed by atoms with van der Waals surface area (Å²) in [5.74, 6) is -2.18. The Morgan fingerprint density at radius 1 is 1.33 bits per heavy atom. The zero-order valence-electron chi connectivity index (χ0n) is 11.3. The van der Waals surface area contributed by atoms with Crippen molar-refractivity contribution in [3.05, 3.63) is 0 Å². The molecule has 0 aromatic carbocycles. The van der Waals surface area contributed by atoms with Crippen molar-refractivity contribution >= 4 is 21.7 Å². The molecule has 0 amide bonds. The van der Waals surface area contributed by atoms with Gasteiger partial charge in [-0.25, -0.2) is 0 Å². The molecule has 0 aliphatic carbocycles. The summed E-state index contributed by atoms with van der Waals surface area (Å²) in [4.78, 5) is 23.1. The van der Waals surface area contributed by atoms with Crippen LogP contribution in [0.1, 0.15) is 26.7 Å². The minimum Gasteiger partial charge on any atom is -0.481 e. The Hall–Kier alpha value is -0.923. The van der Waals surface area contributed by atoms with Gasteiger partial charge in [-0.3, -0.25) is 14.5 Å². The Labute approximate surface area is 110 Å². The molecule has 0 radical (unpaired) electrons. The summed E-state index contributed by atoms with van der Waals surface area (Å²) in [5.41, 5.74) is 0. The van der Waals surface area contributed by atoms with E-state index in [2.05, 4.69) is 0 Å². The second kappa shape index (κ2) is 9.07. The van der Waals surface area contributed by atoms with Crippen LogP contribution in [0, 0.1) is 0 Å². The van der Waals surface area contributed by atoms with E-state index in [4.69, 9.17) is 14.6 Å². The van der Waals surface area contributed by atoms with Gasteiger partial charge in [0.2, 0.25) is 0 Å². The molecule has 106 valence electrons. The number of carboxylic acid groups (broad SMARTS) is 2. The first kappa shape index (κ1) is 17.1. The topological polar surface area (TPSA) is 87.1 Å². The van der Waals surface area contributed by atoms with Crippen LogP contribution >= 0.6 is 0 Å². The largest absolute Gasteiger partial charge is 0.481 e. The number of carbonyl (C=O) groups is 2. The van der Waals surface area contributed by atoms with Crippen LogP contribution in [0.3, 0.4) is 0 Å². The van der Waals surface area contributed by atoms with Gasteiger partial charge in [0.15, 0.2) is 9.76 Å². The molecule has 0 saturated carbocycles. The van der Waals surface area contributed by atoms with E-state index in [0.717, 1.165) is 12.5 Å². The summed E-state index contributed by atoms with van der Waals surface area (Å²) in [6.45, 7) is 4.57. The van der Waals surface area contributed by atoms with Crippen molar-refractivity contribution in [3.63, 3.8) is 0 Å². The van der Waals surface area contributed by atoms with E-state index < -0.39 is 27.7 Å². The quantitative estimate of drug-likeness (QED) is 0.437. The summed E-state index contributed by atoms with van der Waals surface area (Å²) in [5, 5.41) is 17.6. The Morgan fingerprint density at radius 2 is 1.94 bits per heavy atom. The molecule has 2 N–H and O–H groups in total. The summed E-state index contributed by atoms with van der Waals surface area (Å²) in [6, 6.07) is 0.0252. The van der Waals surface area contributed by atoms with Gasteiger partial charge in [-0.05, 0) is 39.9 Å². The maximum atomic E-state index is 10.9. The maximum absolute atomic E-state index is 10.9. The smallest absolute Gasteiger partial charge is 0.321 e. The number of rotatable bonds is 10. The third-order valence-corrected chi connectivity index (χ3v) is 4.23. The van der Waals surface area contributed by atoms with Crippen LogP contribution in [-0.4, -0.2) is 62.6 Å². The van der Waals surface area contributed by atoms with E-state index in [-0.39, 0.29) is 12.5 Å². The van der Waals surface area contributed by atoms with Crippen molar-refractivity contribution in [2.24, 2.45) is 0 Å².